The summed E-state index contributed by atoms with van der Waals surface area (Å²) in [4.78, 5) is 0. The maximum Gasteiger partial charge on any atom is 0.299 e. The average Bonchev–Trinajstić information content (AvgIpc) is 2.64. The molecule has 138 valence electrons. The lowest BCUT2D eigenvalue weighted by Gasteiger charge is -2.22. The van der Waals surface area contributed by atoms with Crippen molar-refractivity contribution in [2.45, 2.75) is 6.54 Å². The zero-order chi connectivity index (χ0) is 19.0. The summed E-state index contributed by atoms with van der Waals surface area (Å²) in [5.74, 6) is 1.21. The van der Waals surface area contributed by atoms with Gasteiger partial charge in [-0.3, -0.25) is 4.72 Å². The molecule has 0 unspecified atom stereocenters. The number of anilines is 1. The number of fused-ring (bicyclic) bond motifs is 1. The monoisotopic (exact) mass is 420 g/mol. The second-order valence-electron chi connectivity index (χ2n) is 5.97. The molecule has 5 nitrogen and oxygen atoms in total. The molecule has 1 aliphatic heterocycles. The number of rotatable bonds is 3. The summed E-state index contributed by atoms with van der Waals surface area (Å²) in [6.07, 6.45) is 0. The van der Waals surface area contributed by atoms with E-state index in [1.165, 1.54) is 0 Å². The Hall–Kier alpha value is -2.25. The topological polar surface area (TPSA) is 67.4 Å². The van der Waals surface area contributed by atoms with Gasteiger partial charge in [0.2, 0.25) is 0 Å². The molecule has 2 N–H and O–H groups in total. The van der Waals surface area contributed by atoms with Gasteiger partial charge in [-0.2, -0.15) is 13.1 Å². The highest BCUT2D eigenvalue weighted by Crippen LogP contribution is 2.35. The number of para-hydroxylation sites is 1. The molecule has 0 saturated carbocycles. The fourth-order valence-electron chi connectivity index (χ4n) is 2.83. The summed E-state index contributed by atoms with van der Waals surface area (Å²) in [6, 6.07) is 18.1. The highest BCUT2D eigenvalue weighted by molar-refractivity contribution is 7.90. The van der Waals surface area contributed by atoms with Gasteiger partial charge in [0.15, 0.2) is 0 Å². The van der Waals surface area contributed by atoms with Crippen molar-refractivity contribution in [3.63, 3.8) is 0 Å². The largest absolute Gasteiger partial charge is 0.457 e. The lowest BCUT2D eigenvalue weighted by molar-refractivity contribution is 0.483. The minimum atomic E-state index is -3.53. The first-order chi connectivity index (χ1) is 12.9. The minimum Gasteiger partial charge on any atom is -0.457 e. The van der Waals surface area contributed by atoms with Crippen molar-refractivity contribution in [3.05, 3.63) is 76.3 Å². The third kappa shape index (κ3) is 3.89. The van der Waals surface area contributed by atoms with Gasteiger partial charge >= 0.3 is 0 Å². The summed E-state index contributed by atoms with van der Waals surface area (Å²) in [5.41, 5.74) is 3.16. The fourth-order valence-corrected chi connectivity index (χ4v) is 4.05. The molecule has 1 heterocycles. The molecule has 0 saturated heterocycles. The Labute approximate surface area is 167 Å². The van der Waals surface area contributed by atoms with E-state index in [0.717, 1.165) is 16.7 Å². The Morgan fingerprint density at radius 1 is 0.889 bits per heavy atom. The predicted molar refractivity (Wildman–Crippen MR) is 108 cm³/mol. The first-order valence-corrected chi connectivity index (χ1v) is 10.3. The van der Waals surface area contributed by atoms with Crippen LogP contribution in [0.25, 0.3) is 11.1 Å². The molecule has 0 aromatic heterocycles. The van der Waals surface area contributed by atoms with E-state index in [9.17, 15) is 8.42 Å². The van der Waals surface area contributed by atoms with Crippen LogP contribution >= 0.6 is 23.2 Å². The van der Waals surface area contributed by atoms with Crippen LogP contribution in [0, 0.1) is 0 Å². The van der Waals surface area contributed by atoms with Crippen molar-refractivity contribution in [2.24, 2.45) is 0 Å². The van der Waals surface area contributed by atoms with Gasteiger partial charge in [-0.25, -0.2) is 0 Å². The van der Waals surface area contributed by atoms with Crippen LogP contribution in [0.1, 0.15) is 5.56 Å². The van der Waals surface area contributed by atoms with E-state index in [4.69, 9.17) is 27.9 Å². The van der Waals surface area contributed by atoms with E-state index in [1.807, 2.05) is 42.5 Å². The molecule has 0 atom stereocenters. The number of ether oxygens (including phenoxy) is 1. The van der Waals surface area contributed by atoms with E-state index in [1.54, 1.807) is 18.2 Å². The van der Waals surface area contributed by atoms with E-state index in [0.29, 0.717) is 27.2 Å². The van der Waals surface area contributed by atoms with Gasteiger partial charge < -0.3 is 4.74 Å². The smallest absolute Gasteiger partial charge is 0.299 e. The lowest BCUT2D eigenvalue weighted by atomic mass is 10.0. The molecular formula is C19H14Cl2N2O3S. The number of hydrogen-bond acceptors (Lipinski definition) is 3. The van der Waals surface area contributed by atoms with Crippen LogP contribution < -0.4 is 14.2 Å². The predicted octanol–water partition coefficient (Wildman–Crippen LogP) is 5.21. The molecule has 0 spiro atoms. The van der Waals surface area contributed by atoms with Crippen LogP contribution in [0.5, 0.6) is 11.5 Å². The van der Waals surface area contributed by atoms with Gasteiger partial charge in [0.25, 0.3) is 10.2 Å². The quantitative estimate of drug-likeness (QED) is 0.610. The SMILES string of the molecule is O=S1(=O)NCc2cccc(-c3ccc(Oc4ccc(Cl)c(Cl)c4)cc3)c2N1. The minimum absolute atomic E-state index is 0.261. The Morgan fingerprint density at radius 2 is 1.63 bits per heavy atom. The van der Waals surface area contributed by atoms with E-state index in [-0.39, 0.29) is 6.54 Å². The van der Waals surface area contributed by atoms with Gasteiger partial charge in [-0.1, -0.05) is 53.5 Å². The third-order valence-corrected chi connectivity index (χ3v) is 5.87. The summed E-state index contributed by atoms with van der Waals surface area (Å²) in [7, 11) is -3.53. The summed E-state index contributed by atoms with van der Waals surface area (Å²) < 4.78 is 34.5. The first kappa shape index (κ1) is 18.1. The molecule has 27 heavy (non-hydrogen) atoms. The Balaban J connectivity index is 1.62. The van der Waals surface area contributed by atoms with Crippen molar-refractivity contribution in [1.29, 1.82) is 0 Å². The van der Waals surface area contributed by atoms with E-state index < -0.39 is 10.2 Å². The van der Waals surface area contributed by atoms with Crippen molar-refractivity contribution < 1.29 is 13.2 Å². The Morgan fingerprint density at radius 3 is 2.37 bits per heavy atom. The maximum absolute atomic E-state index is 11.8. The Kier molecular flexibility index (Phi) is 4.74. The lowest BCUT2D eigenvalue weighted by Crippen LogP contribution is -2.34. The van der Waals surface area contributed by atoms with Crippen molar-refractivity contribution in [3.8, 4) is 22.6 Å². The van der Waals surface area contributed by atoms with Crippen LogP contribution in [0.3, 0.4) is 0 Å². The first-order valence-electron chi connectivity index (χ1n) is 8.04. The maximum atomic E-state index is 11.8. The molecule has 1 aliphatic rings. The highest BCUT2D eigenvalue weighted by Gasteiger charge is 2.22. The van der Waals surface area contributed by atoms with Gasteiger partial charge in [-0.15, -0.1) is 0 Å². The average molecular weight is 421 g/mol. The van der Waals surface area contributed by atoms with Gasteiger partial charge in [0.1, 0.15) is 11.5 Å². The second-order valence-corrected chi connectivity index (χ2v) is 8.28. The van der Waals surface area contributed by atoms with Crippen LogP contribution in [0.2, 0.25) is 10.0 Å². The molecular weight excluding hydrogens is 407 g/mol. The van der Waals surface area contributed by atoms with Gasteiger partial charge in [0, 0.05) is 18.2 Å². The van der Waals surface area contributed by atoms with Gasteiger partial charge in [-0.05, 0) is 35.4 Å². The van der Waals surface area contributed by atoms with Crippen LogP contribution in [0.4, 0.5) is 5.69 Å². The van der Waals surface area contributed by atoms with Crippen molar-refractivity contribution in [2.75, 3.05) is 4.72 Å². The Bertz CT molecular complexity index is 1120. The highest BCUT2D eigenvalue weighted by atomic mass is 35.5. The molecule has 8 heteroatoms. The standard InChI is InChI=1S/C19H14Cl2N2O3S/c20-17-9-8-15(10-18(17)21)26-14-6-4-12(5-7-14)16-3-1-2-13-11-22-27(24,25)23-19(13)16/h1-10,22-23H,11H2. The van der Waals surface area contributed by atoms with Crippen LogP contribution in [0.15, 0.2) is 60.7 Å². The molecule has 0 radical (unpaired) electrons. The number of halogens is 2. The molecule has 3 aromatic rings. The summed E-state index contributed by atoms with van der Waals surface area (Å²) >= 11 is 11.9. The number of benzene rings is 3. The number of hydrogen-bond donors (Lipinski definition) is 2. The second kappa shape index (κ2) is 7.05. The molecule has 4 rings (SSSR count). The van der Waals surface area contributed by atoms with Crippen LogP contribution in [-0.4, -0.2) is 8.42 Å². The zero-order valence-electron chi connectivity index (χ0n) is 13.9. The van der Waals surface area contributed by atoms with Crippen molar-refractivity contribution >= 4 is 39.1 Å². The van der Waals surface area contributed by atoms with Gasteiger partial charge in [0.05, 0.1) is 15.7 Å². The molecule has 0 fully saturated rings. The third-order valence-electron chi connectivity index (χ3n) is 4.13. The molecule has 0 bridgehead atoms. The normalized spacial score (nSPS) is 14.9. The van der Waals surface area contributed by atoms with E-state index in [2.05, 4.69) is 9.44 Å². The molecule has 0 amide bonds. The van der Waals surface area contributed by atoms with Crippen molar-refractivity contribution in [1.82, 2.24) is 4.72 Å². The molecule has 0 aliphatic carbocycles. The molecule has 3 aromatic carbocycles. The number of nitrogens with one attached hydrogen (secondary N) is 2. The fraction of sp³-hybridized carbons (Fsp3) is 0.0526. The summed E-state index contributed by atoms with van der Waals surface area (Å²) in [6.45, 7) is 0.261. The van der Waals surface area contributed by atoms with Crippen LogP contribution in [-0.2, 0) is 16.8 Å². The van der Waals surface area contributed by atoms with E-state index >= 15 is 0 Å². The zero-order valence-corrected chi connectivity index (χ0v) is 16.2. The summed E-state index contributed by atoms with van der Waals surface area (Å²) in [5, 5.41) is 0.882.